The molecule has 4 atom stereocenters. The third kappa shape index (κ3) is 3.53. The summed E-state index contributed by atoms with van der Waals surface area (Å²) in [5.74, 6) is -0.727. The molecule has 5 rings (SSSR count). The van der Waals surface area contributed by atoms with Crippen LogP contribution in [0.15, 0.2) is 48.5 Å². The van der Waals surface area contributed by atoms with Crippen molar-refractivity contribution in [2.24, 2.45) is 5.92 Å². The fourth-order valence-electron chi connectivity index (χ4n) is 4.72. The number of methoxy groups -OCH3 is 1. The van der Waals surface area contributed by atoms with Crippen molar-refractivity contribution in [2.45, 2.75) is 36.9 Å². The molecule has 2 aromatic carbocycles. The van der Waals surface area contributed by atoms with Crippen molar-refractivity contribution in [1.29, 1.82) is 0 Å². The summed E-state index contributed by atoms with van der Waals surface area (Å²) in [5, 5.41) is 2.18. The van der Waals surface area contributed by atoms with Gasteiger partial charge >= 0.3 is 0 Å². The van der Waals surface area contributed by atoms with E-state index in [-0.39, 0.29) is 22.7 Å². The molecule has 0 aromatic heterocycles. The molecule has 2 amide bonds. The number of fused-ring (bicyclic) bond motifs is 1. The highest BCUT2D eigenvalue weighted by Crippen LogP contribution is 2.52. The number of benzene rings is 2. The maximum Gasteiger partial charge on any atom is 0.265 e. The quantitative estimate of drug-likeness (QED) is 0.440. The molecule has 0 spiro atoms. The number of amides is 2. The minimum Gasteiger partial charge on any atom is -0.497 e. The fourth-order valence-corrected chi connectivity index (χ4v) is 6.67. The van der Waals surface area contributed by atoms with Crippen LogP contribution in [0.3, 0.4) is 0 Å². The van der Waals surface area contributed by atoms with E-state index in [1.165, 1.54) is 16.7 Å². The summed E-state index contributed by atoms with van der Waals surface area (Å²) >= 11 is 13.2. The number of likely N-dealkylation sites (N-methyl/N-ethyl adjacent to an activating group) is 1. The second-order valence-electron chi connectivity index (χ2n) is 9.07. The van der Waals surface area contributed by atoms with Gasteiger partial charge in [0, 0.05) is 12.1 Å². The Hall–Kier alpha value is -2.17. The molecule has 3 heterocycles. The summed E-state index contributed by atoms with van der Waals surface area (Å²) in [6.45, 7) is 4.15. The van der Waals surface area contributed by atoms with E-state index >= 15 is 0 Å². The van der Waals surface area contributed by atoms with E-state index in [2.05, 4.69) is 13.8 Å². The molecule has 2 aromatic rings. The van der Waals surface area contributed by atoms with Gasteiger partial charge in [0.05, 0.1) is 30.3 Å². The number of hydrogen-bond donors (Lipinski definition) is 0. The highest BCUT2D eigenvalue weighted by atomic mass is 35.5. The van der Waals surface area contributed by atoms with E-state index in [0.717, 1.165) is 9.88 Å². The number of halogens is 1. The van der Waals surface area contributed by atoms with Gasteiger partial charge in [0.1, 0.15) is 15.4 Å². The maximum atomic E-state index is 13.8. The summed E-state index contributed by atoms with van der Waals surface area (Å²) in [5.41, 5.74) is 0.963. The van der Waals surface area contributed by atoms with E-state index in [9.17, 15) is 9.59 Å². The van der Waals surface area contributed by atoms with E-state index < -0.39 is 18.1 Å². The molecule has 0 saturated carbocycles. The molecular weight excluding hydrogens is 494 g/mol. The maximum absolute atomic E-state index is 13.8. The van der Waals surface area contributed by atoms with Gasteiger partial charge in [-0.25, -0.2) is 4.90 Å². The Labute approximate surface area is 212 Å². The lowest BCUT2D eigenvalue weighted by atomic mass is 9.90. The average Bonchev–Trinajstić information content (AvgIpc) is 3.39. The van der Waals surface area contributed by atoms with Gasteiger partial charge in [-0.05, 0) is 55.8 Å². The molecule has 3 saturated heterocycles. The lowest BCUT2D eigenvalue weighted by molar-refractivity contribution is -0.188. The number of thioether (sulfide) groups is 1. The zero-order valence-electron chi connectivity index (χ0n) is 19.1. The molecule has 0 N–H and O–H groups in total. The molecule has 0 bridgehead atoms. The van der Waals surface area contributed by atoms with Crippen LogP contribution in [-0.2, 0) is 14.4 Å². The molecule has 10 heteroatoms. The smallest absolute Gasteiger partial charge is 0.265 e. The van der Waals surface area contributed by atoms with Crippen molar-refractivity contribution in [1.82, 2.24) is 9.96 Å². The fraction of sp³-hybridized carbons (Fsp3) is 0.375. The third-order valence-electron chi connectivity index (χ3n) is 6.87. The molecule has 0 aliphatic carbocycles. The Morgan fingerprint density at radius 3 is 2.26 bits per heavy atom. The summed E-state index contributed by atoms with van der Waals surface area (Å²) in [6, 6.07) is 13.7. The Morgan fingerprint density at radius 1 is 1.06 bits per heavy atom. The van der Waals surface area contributed by atoms with Gasteiger partial charge in [-0.3, -0.25) is 14.4 Å². The molecule has 3 aliphatic heterocycles. The van der Waals surface area contributed by atoms with E-state index in [4.69, 9.17) is 33.4 Å². The van der Waals surface area contributed by atoms with Crippen LogP contribution in [-0.4, -0.2) is 57.3 Å². The Kier molecular flexibility index (Phi) is 5.89. The highest BCUT2D eigenvalue weighted by Gasteiger charge is 2.63. The van der Waals surface area contributed by atoms with Crippen molar-refractivity contribution in [2.75, 3.05) is 19.1 Å². The van der Waals surface area contributed by atoms with Crippen LogP contribution in [0.5, 0.6) is 5.75 Å². The third-order valence-corrected chi connectivity index (χ3v) is 9.17. The number of rotatable bonds is 4. The van der Waals surface area contributed by atoms with Gasteiger partial charge in [0.2, 0.25) is 5.91 Å². The monoisotopic (exact) mass is 517 g/mol. The molecule has 178 valence electrons. The van der Waals surface area contributed by atoms with Crippen LogP contribution in [0.4, 0.5) is 5.69 Å². The lowest BCUT2D eigenvalue weighted by Gasteiger charge is -2.39. The zero-order chi connectivity index (χ0) is 24.4. The molecule has 3 fully saturated rings. The summed E-state index contributed by atoms with van der Waals surface area (Å²) in [7, 11) is 3.52. The standard InChI is InChI=1S/C24H24ClN3O4S2/c1-24(2)22(34-23(33)26(24)3)28-18(13-5-7-14(25)8-6-13)17-19(32-28)21(30)27(20(17)29)15-9-11-16(31-4)12-10-15/h5-12,17-19,22H,1-4H3/t17-,18+,19-,22+/m0/s1. The zero-order valence-corrected chi connectivity index (χ0v) is 21.5. The molecule has 3 aliphatic rings. The predicted molar refractivity (Wildman–Crippen MR) is 136 cm³/mol. The van der Waals surface area contributed by atoms with Gasteiger partial charge in [-0.15, -0.1) is 0 Å². The Balaban J connectivity index is 1.55. The Bertz CT molecular complexity index is 1160. The van der Waals surface area contributed by atoms with Gasteiger partial charge < -0.3 is 9.64 Å². The highest BCUT2D eigenvalue weighted by molar-refractivity contribution is 8.23. The van der Waals surface area contributed by atoms with Gasteiger partial charge in [-0.2, -0.15) is 5.06 Å². The number of thiocarbonyl (C=S) groups is 1. The second kappa shape index (κ2) is 8.49. The topological polar surface area (TPSA) is 62.3 Å². The summed E-state index contributed by atoms with van der Waals surface area (Å²) in [4.78, 5) is 36.8. The van der Waals surface area contributed by atoms with Crippen LogP contribution in [0, 0.1) is 5.92 Å². The molecule has 7 nitrogen and oxygen atoms in total. The first kappa shape index (κ1) is 23.6. The molecule has 0 radical (unpaired) electrons. The van der Waals surface area contributed by atoms with Gasteiger partial charge in [0.25, 0.3) is 5.91 Å². The SMILES string of the molecule is COc1ccc(N2C(=O)[C@@H]3[C@H](ON([C@@H]4SC(=S)N(C)C4(C)C)[C@@H]3c3ccc(Cl)cc3)C2=O)cc1. The first-order valence-corrected chi connectivity index (χ1v) is 12.5. The van der Waals surface area contributed by atoms with Crippen LogP contribution in [0.25, 0.3) is 0 Å². The first-order chi connectivity index (χ1) is 16.1. The van der Waals surface area contributed by atoms with E-state index in [1.807, 2.05) is 24.1 Å². The average molecular weight is 518 g/mol. The lowest BCUT2D eigenvalue weighted by Crippen LogP contribution is -2.51. The van der Waals surface area contributed by atoms with Crippen molar-refractivity contribution >= 4 is 57.4 Å². The largest absolute Gasteiger partial charge is 0.497 e. The summed E-state index contributed by atoms with van der Waals surface area (Å²) in [6.07, 6.45) is -0.925. The normalized spacial score (nSPS) is 28.7. The van der Waals surface area contributed by atoms with Gasteiger partial charge in [0.15, 0.2) is 6.10 Å². The Morgan fingerprint density at radius 2 is 1.71 bits per heavy atom. The van der Waals surface area contributed by atoms with E-state index in [0.29, 0.717) is 16.5 Å². The van der Waals surface area contributed by atoms with E-state index in [1.54, 1.807) is 48.6 Å². The molecule has 0 unspecified atom stereocenters. The number of carbonyl (C=O) groups is 2. The van der Waals surface area contributed by atoms with Crippen LogP contribution in [0.1, 0.15) is 25.5 Å². The number of imide groups is 1. The van der Waals surface area contributed by atoms with Crippen LogP contribution >= 0.6 is 35.6 Å². The first-order valence-electron chi connectivity index (χ1n) is 10.8. The summed E-state index contributed by atoms with van der Waals surface area (Å²) < 4.78 is 5.94. The van der Waals surface area contributed by atoms with Crippen molar-refractivity contribution in [3.8, 4) is 5.75 Å². The van der Waals surface area contributed by atoms with Crippen molar-refractivity contribution in [3.05, 3.63) is 59.1 Å². The number of anilines is 1. The minimum atomic E-state index is -0.925. The molecule has 34 heavy (non-hydrogen) atoms. The van der Waals surface area contributed by atoms with Crippen molar-refractivity contribution in [3.63, 3.8) is 0 Å². The van der Waals surface area contributed by atoms with Crippen LogP contribution < -0.4 is 9.64 Å². The number of hydrogen-bond acceptors (Lipinski definition) is 7. The number of ether oxygens (including phenoxy) is 1. The number of carbonyl (C=O) groups excluding carboxylic acids is 2. The molecular formula is C24H24ClN3O4S2. The van der Waals surface area contributed by atoms with Crippen molar-refractivity contribution < 1.29 is 19.2 Å². The number of hydroxylamine groups is 2. The second-order valence-corrected chi connectivity index (χ2v) is 11.2. The van der Waals surface area contributed by atoms with Gasteiger partial charge in [-0.1, -0.05) is 47.7 Å². The van der Waals surface area contributed by atoms with Crippen LogP contribution in [0.2, 0.25) is 5.02 Å². The predicted octanol–water partition coefficient (Wildman–Crippen LogP) is 4.26. The number of nitrogens with zero attached hydrogens (tertiary/aromatic N) is 3. The minimum absolute atomic E-state index is 0.216.